The highest BCUT2D eigenvalue weighted by Gasteiger charge is 2.45. The van der Waals surface area contributed by atoms with Crippen LogP contribution in [0, 0.1) is 5.92 Å². The molecule has 6 heteroatoms. The molecule has 1 atom stereocenters. The van der Waals surface area contributed by atoms with E-state index in [1.165, 1.54) is 31.2 Å². The Kier molecular flexibility index (Phi) is 4.67. The van der Waals surface area contributed by atoms with Crippen LogP contribution < -0.4 is 0 Å². The molecule has 0 aliphatic carbocycles. The molecule has 18 heavy (non-hydrogen) atoms. The molecule has 0 amide bonds. The number of carbonyl (C=O) groups excluding carboxylic acids is 2. The van der Waals surface area contributed by atoms with Gasteiger partial charge < -0.3 is 0 Å². The van der Waals surface area contributed by atoms with Crippen LogP contribution in [0.25, 0.3) is 0 Å². The Morgan fingerprint density at radius 3 is 2.11 bits per heavy atom. The highest BCUT2D eigenvalue weighted by molar-refractivity contribution is 9.10. The zero-order valence-electron chi connectivity index (χ0n) is 9.42. The van der Waals surface area contributed by atoms with Gasteiger partial charge in [0.1, 0.15) is 0 Å². The lowest BCUT2D eigenvalue weighted by atomic mass is 9.91. The van der Waals surface area contributed by atoms with E-state index in [-0.39, 0.29) is 12.0 Å². The summed E-state index contributed by atoms with van der Waals surface area (Å²) in [5.41, 5.74) is 0.0997. The number of carbonyl (C=O) groups is 2. The molecule has 0 spiro atoms. The smallest absolute Gasteiger partial charge is 0.293 e. The summed E-state index contributed by atoms with van der Waals surface area (Å²) in [7, 11) is 0. The van der Waals surface area contributed by atoms with Crippen molar-refractivity contribution in [3.8, 4) is 0 Å². The summed E-state index contributed by atoms with van der Waals surface area (Å²) in [6.45, 7) is 1.38. The van der Waals surface area contributed by atoms with E-state index in [9.17, 15) is 22.8 Å². The summed E-state index contributed by atoms with van der Waals surface area (Å²) in [4.78, 5) is 23.0. The lowest BCUT2D eigenvalue weighted by molar-refractivity contribution is -0.174. The van der Waals surface area contributed by atoms with Gasteiger partial charge in [0.15, 0.2) is 5.78 Å². The normalized spacial score (nSPS) is 13.2. The summed E-state index contributed by atoms with van der Waals surface area (Å²) >= 11 is 3.15. The number of benzene rings is 1. The van der Waals surface area contributed by atoms with Crippen molar-refractivity contribution >= 4 is 27.5 Å². The average Bonchev–Trinajstić information content (AvgIpc) is 2.29. The minimum atomic E-state index is -4.98. The van der Waals surface area contributed by atoms with Crippen LogP contribution in [-0.2, 0) is 4.79 Å². The molecule has 2 nitrogen and oxygen atoms in total. The summed E-state index contributed by atoms with van der Waals surface area (Å²) < 4.78 is 37.7. The van der Waals surface area contributed by atoms with Crippen molar-refractivity contribution < 1.29 is 22.8 Å². The number of hydrogen-bond acceptors (Lipinski definition) is 2. The van der Waals surface area contributed by atoms with E-state index in [0.29, 0.717) is 4.47 Å². The van der Waals surface area contributed by atoms with Gasteiger partial charge in [-0.15, -0.1) is 0 Å². The van der Waals surface area contributed by atoms with E-state index >= 15 is 0 Å². The van der Waals surface area contributed by atoms with E-state index < -0.39 is 23.7 Å². The molecule has 98 valence electrons. The van der Waals surface area contributed by atoms with Gasteiger partial charge in [0, 0.05) is 10.0 Å². The maximum Gasteiger partial charge on any atom is 0.450 e. The first-order valence-electron chi connectivity index (χ1n) is 5.18. The second-order valence-electron chi connectivity index (χ2n) is 3.69. The van der Waals surface area contributed by atoms with Crippen LogP contribution in [0.15, 0.2) is 28.7 Å². The molecule has 1 aromatic rings. The van der Waals surface area contributed by atoms with Crippen molar-refractivity contribution in [1.29, 1.82) is 0 Å². The molecule has 0 radical (unpaired) electrons. The van der Waals surface area contributed by atoms with Crippen LogP contribution in [0.4, 0.5) is 13.2 Å². The molecule has 0 aromatic heterocycles. The highest BCUT2D eigenvalue weighted by Crippen LogP contribution is 2.25. The Morgan fingerprint density at radius 2 is 1.72 bits per heavy atom. The molecule has 1 unspecified atom stereocenters. The summed E-state index contributed by atoms with van der Waals surface area (Å²) in [6, 6.07) is 5.85. The second kappa shape index (κ2) is 5.65. The topological polar surface area (TPSA) is 34.1 Å². The number of rotatable bonds is 4. The molecule has 0 bridgehead atoms. The van der Waals surface area contributed by atoms with Crippen LogP contribution in [0.2, 0.25) is 0 Å². The van der Waals surface area contributed by atoms with Crippen LogP contribution in [0.3, 0.4) is 0 Å². The lowest BCUT2D eigenvalue weighted by Crippen LogP contribution is -2.35. The monoisotopic (exact) mass is 322 g/mol. The van der Waals surface area contributed by atoms with E-state index in [4.69, 9.17) is 0 Å². The van der Waals surface area contributed by atoms with Crippen molar-refractivity contribution in [2.45, 2.75) is 19.5 Å². The fourth-order valence-electron chi connectivity index (χ4n) is 1.50. The van der Waals surface area contributed by atoms with Gasteiger partial charge in [0.25, 0.3) is 0 Å². The minimum Gasteiger partial charge on any atom is -0.293 e. The van der Waals surface area contributed by atoms with Crippen LogP contribution in [0.1, 0.15) is 23.7 Å². The first-order chi connectivity index (χ1) is 8.27. The lowest BCUT2D eigenvalue weighted by Gasteiger charge is -2.14. The van der Waals surface area contributed by atoms with Gasteiger partial charge in [-0.25, -0.2) is 0 Å². The standard InChI is InChI=1S/C12H10BrF3O2/c1-2-9(11(18)12(14,15)16)10(17)7-3-5-8(13)6-4-7/h3-6,9H,2H2,1H3. The van der Waals surface area contributed by atoms with E-state index in [0.717, 1.165) is 0 Å². The Bertz CT molecular complexity index is 451. The quantitative estimate of drug-likeness (QED) is 0.624. The second-order valence-corrected chi connectivity index (χ2v) is 4.61. The molecule has 1 aromatic carbocycles. The van der Waals surface area contributed by atoms with Gasteiger partial charge in [0.05, 0.1) is 5.92 Å². The zero-order chi connectivity index (χ0) is 13.9. The molecule has 0 fully saturated rings. The third-order valence-electron chi connectivity index (χ3n) is 2.45. The molecular weight excluding hydrogens is 313 g/mol. The number of hydrogen-bond donors (Lipinski definition) is 0. The molecule has 1 rings (SSSR count). The molecule has 0 heterocycles. The summed E-state index contributed by atoms with van der Waals surface area (Å²) in [5.74, 6) is -4.45. The number of alkyl halides is 3. The Labute approximate surface area is 110 Å². The SMILES string of the molecule is CCC(C(=O)c1ccc(Br)cc1)C(=O)C(F)(F)F. The van der Waals surface area contributed by atoms with Crippen molar-refractivity contribution in [2.75, 3.05) is 0 Å². The number of ketones is 2. The van der Waals surface area contributed by atoms with E-state index in [2.05, 4.69) is 15.9 Å². The van der Waals surface area contributed by atoms with Gasteiger partial charge >= 0.3 is 6.18 Å². The summed E-state index contributed by atoms with van der Waals surface area (Å²) in [5, 5.41) is 0. The van der Waals surface area contributed by atoms with Gasteiger partial charge in [-0.3, -0.25) is 9.59 Å². The van der Waals surface area contributed by atoms with Gasteiger partial charge in [0.2, 0.25) is 5.78 Å². The summed E-state index contributed by atoms with van der Waals surface area (Å²) in [6.07, 6.45) is -5.15. The number of halogens is 4. The van der Waals surface area contributed by atoms with Crippen molar-refractivity contribution in [1.82, 2.24) is 0 Å². The van der Waals surface area contributed by atoms with Gasteiger partial charge in [-0.2, -0.15) is 13.2 Å². The zero-order valence-corrected chi connectivity index (χ0v) is 11.0. The Hall–Kier alpha value is -1.17. The Morgan fingerprint density at radius 1 is 1.22 bits per heavy atom. The average molecular weight is 323 g/mol. The highest BCUT2D eigenvalue weighted by atomic mass is 79.9. The maximum absolute atomic E-state index is 12.3. The van der Waals surface area contributed by atoms with Crippen molar-refractivity contribution in [2.24, 2.45) is 5.92 Å². The first kappa shape index (κ1) is 14.9. The fourth-order valence-corrected chi connectivity index (χ4v) is 1.77. The van der Waals surface area contributed by atoms with Crippen LogP contribution >= 0.6 is 15.9 Å². The van der Waals surface area contributed by atoms with Crippen LogP contribution in [-0.4, -0.2) is 17.7 Å². The third-order valence-corrected chi connectivity index (χ3v) is 2.98. The van der Waals surface area contributed by atoms with Gasteiger partial charge in [-0.05, 0) is 18.6 Å². The Balaban J connectivity index is 3.00. The number of Topliss-reactive ketones (excluding diaryl/α,β-unsaturated/α-hetero) is 2. The first-order valence-corrected chi connectivity index (χ1v) is 5.97. The molecule has 0 saturated heterocycles. The molecule has 0 aliphatic heterocycles. The fraction of sp³-hybridized carbons (Fsp3) is 0.333. The third kappa shape index (κ3) is 3.41. The van der Waals surface area contributed by atoms with Crippen molar-refractivity contribution in [3.05, 3.63) is 34.3 Å². The van der Waals surface area contributed by atoms with E-state index in [1.54, 1.807) is 0 Å². The predicted octanol–water partition coefficient (Wildman–Crippen LogP) is 3.79. The molecule has 0 saturated carbocycles. The molecular formula is C12H10BrF3O2. The molecule has 0 aliphatic rings. The predicted molar refractivity (Wildman–Crippen MR) is 63.3 cm³/mol. The van der Waals surface area contributed by atoms with Gasteiger partial charge in [-0.1, -0.05) is 35.0 Å². The van der Waals surface area contributed by atoms with Crippen LogP contribution in [0.5, 0.6) is 0 Å². The molecule has 0 N–H and O–H groups in total. The van der Waals surface area contributed by atoms with E-state index in [1.807, 2.05) is 0 Å². The van der Waals surface area contributed by atoms with Crippen molar-refractivity contribution in [3.63, 3.8) is 0 Å². The largest absolute Gasteiger partial charge is 0.450 e. The minimum absolute atomic E-state index is 0.0997. The maximum atomic E-state index is 12.3.